The molecule has 0 saturated carbocycles. The number of benzene rings is 3. The Hall–Kier alpha value is -3.27. The summed E-state index contributed by atoms with van der Waals surface area (Å²) in [5, 5.41) is 13.9. The number of carbonyl (C=O) groups is 1. The molecule has 0 aliphatic carbocycles. The fourth-order valence-electron chi connectivity index (χ4n) is 3.61. The largest absolute Gasteiger partial charge is 0.325 e. The molecular formula is C22H18ClN3O5S. The van der Waals surface area contributed by atoms with Gasteiger partial charge in [0.05, 0.1) is 9.82 Å². The highest BCUT2D eigenvalue weighted by molar-refractivity contribution is 7.89. The number of nitro benzene ring substituents is 1. The first kappa shape index (κ1) is 21.9. The van der Waals surface area contributed by atoms with E-state index in [0.717, 1.165) is 11.1 Å². The molecule has 0 bridgehead atoms. The first-order valence-corrected chi connectivity index (χ1v) is 11.5. The second-order valence-corrected chi connectivity index (χ2v) is 9.61. The monoisotopic (exact) mass is 471 g/mol. The van der Waals surface area contributed by atoms with Gasteiger partial charge in [-0.15, -0.1) is 0 Å². The SMILES string of the molecule is O=C(Nc1ccc([N+](=O)[O-])cc1)C1Cc2ccccc2CN1S(=O)(=O)c1ccc(Cl)cc1. The molecule has 1 unspecified atom stereocenters. The Balaban J connectivity index is 1.67. The molecule has 3 aromatic rings. The van der Waals surface area contributed by atoms with Gasteiger partial charge in [0.1, 0.15) is 6.04 Å². The van der Waals surface area contributed by atoms with Crippen LogP contribution in [-0.4, -0.2) is 29.6 Å². The zero-order valence-electron chi connectivity index (χ0n) is 16.6. The maximum absolute atomic E-state index is 13.4. The van der Waals surface area contributed by atoms with Gasteiger partial charge in [0.2, 0.25) is 15.9 Å². The van der Waals surface area contributed by atoms with E-state index < -0.39 is 26.9 Å². The van der Waals surface area contributed by atoms with E-state index in [-0.39, 0.29) is 23.5 Å². The smallest absolute Gasteiger partial charge is 0.269 e. The van der Waals surface area contributed by atoms with Gasteiger partial charge in [0.15, 0.2) is 0 Å². The van der Waals surface area contributed by atoms with Crippen LogP contribution in [0.1, 0.15) is 11.1 Å². The number of anilines is 1. The van der Waals surface area contributed by atoms with Crippen LogP contribution < -0.4 is 5.32 Å². The fraction of sp³-hybridized carbons (Fsp3) is 0.136. The number of nitrogens with zero attached hydrogens (tertiary/aromatic N) is 2. The van der Waals surface area contributed by atoms with Gasteiger partial charge in [-0.05, 0) is 53.9 Å². The number of fused-ring (bicyclic) bond motifs is 1. The van der Waals surface area contributed by atoms with Crippen LogP contribution in [0.2, 0.25) is 5.02 Å². The molecule has 0 saturated heterocycles. The Bertz CT molecular complexity index is 1280. The lowest BCUT2D eigenvalue weighted by molar-refractivity contribution is -0.384. The Morgan fingerprint density at radius 3 is 2.25 bits per heavy atom. The quantitative estimate of drug-likeness (QED) is 0.446. The molecule has 0 aromatic heterocycles. The van der Waals surface area contributed by atoms with Crippen LogP contribution in [0, 0.1) is 10.1 Å². The molecule has 1 aliphatic rings. The van der Waals surface area contributed by atoms with Crippen molar-refractivity contribution in [3.63, 3.8) is 0 Å². The predicted octanol–water partition coefficient (Wildman–Crippen LogP) is 4.00. The number of rotatable bonds is 5. The molecule has 0 radical (unpaired) electrons. The van der Waals surface area contributed by atoms with Crippen molar-refractivity contribution in [3.05, 3.63) is 99.1 Å². The maximum atomic E-state index is 13.4. The third-order valence-corrected chi connectivity index (χ3v) is 7.39. The van der Waals surface area contributed by atoms with Gasteiger partial charge in [-0.25, -0.2) is 8.42 Å². The molecule has 8 nitrogen and oxygen atoms in total. The number of nitrogens with one attached hydrogen (secondary N) is 1. The lowest BCUT2D eigenvalue weighted by Gasteiger charge is -2.35. The Morgan fingerprint density at radius 2 is 1.62 bits per heavy atom. The van der Waals surface area contributed by atoms with Gasteiger partial charge in [-0.3, -0.25) is 14.9 Å². The van der Waals surface area contributed by atoms with Gasteiger partial charge in [0.25, 0.3) is 5.69 Å². The highest BCUT2D eigenvalue weighted by Gasteiger charge is 2.39. The van der Waals surface area contributed by atoms with Crippen molar-refractivity contribution in [2.75, 3.05) is 5.32 Å². The van der Waals surface area contributed by atoms with Crippen molar-refractivity contribution in [3.8, 4) is 0 Å². The molecule has 1 aliphatic heterocycles. The molecule has 4 rings (SSSR count). The molecule has 3 aromatic carbocycles. The van der Waals surface area contributed by atoms with E-state index in [1.165, 1.54) is 52.8 Å². The van der Waals surface area contributed by atoms with E-state index in [1.807, 2.05) is 24.3 Å². The molecule has 0 spiro atoms. The third kappa shape index (κ3) is 4.36. The van der Waals surface area contributed by atoms with Gasteiger partial charge in [-0.1, -0.05) is 35.9 Å². The number of sulfonamides is 1. The minimum absolute atomic E-state index is 0.0365. The summed E-state index contributed by atoms with van der Waals surface area (Å²) in [6.07, 6.45) is 0.196. The summed E-state index contributed by atoms with van der Waals surface area (Å²) in [7, 11) is -4.00. The number of halogens is 1. The number of nitro groups is 1. The summed E-state index contributed by atoms with van der Waals surface area (Å²) in [6.45, 7) is 0.0412. The minimum Gasteiger partial charge on any atom is -0.325 e. The Morgan fingerprint density at radius 1 is 1.00 bits per heavy atom. The number of amides is 1. The van der Waals surface area contributed by atoms with Crippen molar-refractivity contribution >= 4 is 38.9 Å². The van der Waals surface area contributed by atoms with E-state index in [2.05, 4.69) is 5.32 Å². The average molecular weight is 472 g/mol. The second-order valence-electron chi connectivity index (χ2n) is 7.29. The maximum Gasteiger partial charge on any atom is 0.269 e. The zero-order valence-corrected chi connectivity index (χ0v) is 18.2. The topological polar surface area (TPSA) is 110 Å². The van der Waals surface area contributed by atoms with Crippen LogP contribution >= 0.6 is 11.6 Å². The molecule has 10 heteroatoms. The lowest BCUT2D eigenvalue weighted by Crippen LogP contribution is -2.50. The lowest BCUT2D eigenvalue weighted by atomic mass is 9.95. The summed E-state index contributed by atoms with van der Waals surface area (Å²) >= 11 is 5.90. The van der Waals surface area contributed by atoms with Crippen LogP contribution in [-0.2, 0) is 27.8 Å². The Kier molecular flexibility index (Phi) is 5.96. The number of non-ortho nitro benzene ring substituents is 1. The second kappa shape index (κ2) is 8.70. The normalized spacial score (nSPS) is 16.2. The van der Waals surface area contributed by atoms with Crippen molar-refractivity contribution in [2.24, 2.45) is 0 Å². The molecule has 1 N–H and O–H groups in total. The summed E-state index contributed by atoms with van der Waals surface area (Å²) in [5.41, 5.74) is 1.94. The molecule has 0 fully saturated rings. The summed E-state index contributed by atoms with van der Waals surface area (Å²) < 4.78 is 28.0. The van der Waals surface area contributed by atoms with Crippen LogP contribution in [0.4, 0.5) is 11.4 Å². The van der Waals surface area contributed by atoms with Crippen molar-refractivity contribution in [1.82, 2.24) is 4.31 Å². The fourth-order valence-corrected chi connectivity index (χ4v) is 5.30. The standard InChI is InChI=1S/C22H18ClN3O5S/c23-17-5-11-20(12-6-17)32(30,31)25-14-16-4-2-1-3-15(16)13-21(25)22(27)24-18-7-9-19(10-8-18)26(28)29/h1-12,21H,13-14H2,(H,24,27). The van der Waals surface area contributed by atoms with Gasteiger partial charge in [0, 0.05) is 29.4 Å². The van der Waals surface area contributed by atoms with Crippen molar-refractivity contribution < 1.29 is 18.1 Å². The van der Waals surface area contributed by atoms with Crippen LogP contribution in [0.25, 0.3) is 0 Å². The zero-order chi connectivity index (χ0) is 22.9. The molecule has 1 heterocycles. The third-order valence-electron chi connectivity index (χ3n) is 5.27. The number of carbonyl (C=O) groups excluding carboxylic acids is 1. The van der Waals surface area contributed by atoms with Crippen LogP contribution in [0.15, 0.2) is 77.7 Å². The Labute approximate surface area is 189 Å². The summed E-state index contributed by atoms with van der Waals surface area (Å²) in [6, 6.07) is 17.5. The highest BCUT2D eigenvalue weighted by atomic mass is 35.5. The van der Waals surface area contributed by atoms with Gasteiger partial charge in [-0.2, -0.15) is 4.31 Å². The van der Waals surface area contributed by atoms with E-state index in [4.69, 9.17) is 11.6 Å². The molecule has 1 amide bonds. The summed E-state index contributed by atoms with van der Waals surface area (Å²) in [4.78, 5) is 23.5. The number of hydrogen-bond acceptors (Lipinski definition) is 5. The van der Waals surface area contributed by atoms with Crippen LogP contribution in [0.5, 0.6) is 0 Å². The first-order chi connectivity index (χ1) is 15.3. The molecule has 1 atom stereocenters. The van der Waals surface area contributed by atoms with Gasteiger partial charge >= 0.3 is 0 Å². The van der Waals surface area contributed by atoms with Gasteiger partial charge < -0.3 is 5.32 Å². The van der Waals surface area contributed by atoms with Crippen molar-refractivity contribution in [2.45, 2.75) is 23.9 Å². The minimum atomic E-state index is -4.00. The van der Waals surface area contributed by atoms with E-state index in [9.17, 15) is 23.3 Å². The molecular weight excluding hydrogens is 454 g/mol. The van der Waals surface area contributed by atoms with Crippen molar-refractivity contribution in [1.29, 1.82) is 0 Å². The molecule has 32 heavy (non-hydrogen) atoms. The highest BCUT2D eigenvalue weighted by Crippen LogP contribution is 2.30. The predicted molar refractivity (Wildman–Crippen MR) is 120 cm³/mol. The van der Waals surface area contributed by atoms with E-state index in [1.54, 1.807) is 0 Å². The number of hydrogen-bond donors (Lipinski definition) is 1. The molecule has 164 valence electrons. The van der Waals surface area contributed by atoms with E-state index >= 15 is 0 Å². The summed E-state index contributed by atoms with van der Waals surface area (Å²) in [5.74, 6) is -0.522. The van der Waals surface area contributed by atoms with Crippen LogP contribution in [0.3, 0.4) is 0 Å². The first-order valence-electron chi connectivity index (χ1n) is 9.65. The van der Waals surface area contributed by atoms with E-state index in [0.29, 0.717) is 10.7 Å². The average Bonchev–Trinajstić information content (AvgIpc) is 2.78.